The van der Waals surface area contributed by atoms with Gasteiger partial charge in [-0.05, 0) is 28.7 Å². The zero-order valence-corrected chi connectivity index (χ0v) is 25.1. The van der Waals surface area contributed by atoms with E-state index < -0.39 is 90.3 Å². The Morgan fingerprint density at radius 1 is 0.773 bits per heavy atom. The zero-order chi connectivity index (χ0) is 33.2. The van der Waals surface area contributed by atoms with Gasteiger partial charge in [0.05, 0.1) is 12.8 Å². The maximum Gasteiger partial charge on any atom is 0.303 e. The smallest absolute Gasteiger partial charge is 0.303 e. The highest BCUT2D eigenvalue weighted by Gasteiger charge is 2.34. The molecule has 0 bridgehead atoms. The van der Waals surface area contributed by atoms with Crippen molar-refractivity contribution in [3.8, 4) is 0 Å². The molecule has 0 spiro atoms. The van der Waals surface area contributed by atoms with Crippen molar-refractivity contribution in [3.63, 3.8) is 0 Å². The quantitative estimate of drug-likeness (QED) is 0.139. The number of aliphatic carboxylic acids is 1. The van der Waals surface area contributed by atoms with Crippen LogP contribution in [0.1, 0.15) is 52.5 Å². The monoisotopic (exact) mass is 612 g/mol. The van der Waals surface area contributed by atoms with Crippen LogP contribution in [-0.4, -0.2) is 70.7 Å². The summed E-state index contributed by atoms with van der Waals surface area (Å²) in [5.74, 6) is -6.11. The Morgan fingerprint density at radius 2 is 1.39 bits per heavy atom. The second kappa shape index (κ2) is 15.5. The molecule has 238 valence electrons. The summed E-state index contributed by atoms with van der Waals surface area (Å²) in [7, 11) is 0. The second-order valence-corrected chi connectivity index (χ2v) is 11.6. The molecule has 2 aromatic carbocycles. The summed E-state index contributed by atoms with van der Waals surface area (Å²) in [5, 5.41) is 20.6. The van der Waals surface area contributed by atoms with Crippen LogP contribution in [0.3, 0.4) is 0 Å². The largest absolute Gasteiger partial charge is 0.481 e. The van der Waals surface area contributed by atoms with Crippen LogP contribution in [0.25, 0.3) is 10.8 Å². The summed E-state index contributed by atoms with van der Waals surface area (Å²) in [6.07, 6.45) is -1.52. The molecule has 0 heterocycles. The number of carboxylic acid groups (broad SMARTS) is 1. The Bertz CT molecular complexity index is 1420. The van der Waals surface area contributed by atoms with E-state index in [-0.39, 0.29) is 6.42 Å². The minimum absolute atomic E-state index is 0.0273. The first-order chi connectivity index (χ1) is 20.5. The molecule has 44 heavy (non-hydrogen) atoms. The highest BCUT2D eigenvalue weighted by atomic mass is 16.4. The minimum Gasteiger partial charge on any atom is -0.481 e. The van der Waals surface area contributed by atoms with Crippen LogP contribution in [0.5, 0.6) is 0 Å². The second-order valence-electron chi connectivity index (χ2n) is 11.6. The number of fused-ring (bicyclic) bond motifs is 1. The third-order valence-corrected chi connectivity index (χ3v) is 6.70. The minimum atomic E-state index is -1.53. The Hall–Kier alpha value is -5.01. The maximum atomic E-state index is 13.4. The fraction of sp³-hybridized carbons (Fsp3) is 0.433. The Balaban J connectivity index is 2.24. The van der Waals surface area contributed by atoms with Gasteiger partial charge in [0.25, 0.3) is 0 Å². The molecule has 0 saturated carbocycles. The van der Waals surface area contributed by atoms with Crippen molar-refractivity contribution in [2.45, 2.75) is 77.5 Å². The Kier molecular flexibility index (Phi) is 12.4. The molecule has 2 rings (SSSR count). The number of rotatable bonds is 15. The normalized spacial score (nSPS) is 13.9. The van der Waals surface area contributed by atoms with E-state index in [4.69, 9.17) is 16.6 Å². The van der Waals surface area contributed by atoms with Gasteiger partial charge in [0.1, 0.15) is 24.2 Å². The van der Waals surface area contributed by atoms with Gasteiger partial charge in [0.2, 0.25) is 35.4 Å². The molecule has 0 aliphatic rings. The molecule has 0 fully saturated rings. The summed E-state index contributed by atoms with van der Waals surface area (Å²) in [4.78, 5) is 86.4. The van der Waals surface area contributed by atoms with Gasteiger partial charge in [-0.25, -0.2) is 0 Å². The van der Waals surface area contributed by atoms with Gasteiger partial charge in [0, 0.05) is 12.8 Å². The van der Waals surface area contributed by atoms with Gasteiger partial charge in [-0.15, -0.1) is 0 Å². The van der Waals surface area contributed by atoms with Crippen LogP contribution in [0.2, 0.25) is 0 Å². The highest BCUT2D eigenvalue weighted by molar-refractivity contribution is 5.97. The van der Waals surface area contributed by atoms with Gasteiger partial charge >= 0.3 is 5.97 Å². The van der Waals surface area contributed by atoms with E-state index >= 15 is 0 Å². The van der Waals surface area contributed by atoms with E-state index in [2.05, 4.69) is 21.3 Å². The third kappa shape index (κ3) is 11.0. The molecule has 9 N–H and O–H groups in total. The average molecular weight is 613 g/mol. The van der Waals surface area contributed by atoms with Crippen LogP contribution < -0.4 is 32.7 Å². The Morgan fingerprint density at radius 3 is 1.95 bits per heavy atom. The van der Waals surface area contributed by atoms with Gasteiger partial charge in [-0.3, -0.25) is 33.6 Å². The van der Waals surface area contributed by atoms with Gasteiger partial charge in [-0.1, -0.05) is 63.2 Å². The lowest BCUT2D eigenvalue weighted by molar-refractivity contribution is -0.139. The summed E-state index contributed by atoms with van der Waals surface area (Å²) in [5.41, 5.74) is 10.7. The van der Waals surface area contributed by atoms with Gasteiger partial charge < -0.3 is 37.8 Å². The van der Waals surface area contributed by atoms with Crippen LogP contribution in [0, 0.1) is 5.41 Å². The first kappa shape index (κ1) is 35.2. The summed E-state index contributed by atoms with van der Waals surface area (Å²) in [6, 6.07) is 7.87. The van der Waals surface area contributed by atoms with Crippen molar-refractivity contribution in [1.82, 2.24) is 21.3 Å². The molecule has 2 aromatic rings. The van der Waals surface area contributed by atoms with E-state index in [1.807, 2.05) is 36.4 Å². The molecule has 0 aromatic heterocycles. The number of hydrogen-bond donors (Lipinski definition) is 7. The first-order valence-electron chi connectivity index (χ1n) is 14.0. The van der Waals surface area contributed by atoms with Crippen LogP contribution in [0.4, 0.5) is 0 Å². The van der Waals surface area contributed by atoms with Crippen molar-refractivity contribution in [2.75, 3.05) is 0 Å². The number of hydrogen-bond acceptors (Lipinski definition) is 7. The number of benzene rings is 2. The Labute approximate surface area is 254 Å². The number of carbonyl (C=O) groups excluding carboxylic acids is 6. The van der Waals surface area contributed by atoms with Crippen LogP contribution in [0.15, 0.2) is 42.5 Å². The fourth-order valence-corrected chi connectivity index (χ4v) is 4.34. The number of carboxylic acids is 1. The molecule has 6 amide bonds. The van der Waals surface area contributed by atoms with E-state index in [0.717, 1.165) is 10.8 Å². The molecular weight excluding hydrogens is 572 g/mol. The topological polar surface area (TPSA) is 240 Å². The van der Waals surface area contributed by atoms with Crippen molar-refractivity contribution < 1.29 is 38.7 Å². The first-order valence-corrected chi connectivity index (χ1v) is 14.0. The summed E-state index contributed by atoms with van der Waals surface area (Å²) in [6.45, 7) is 6.42. The zero-order valence-electron chi connectivity index (χ0n) is 25.1. The molecule has 0 saturated heterocycles. The highest BCUT2D eigenvalue weighted by Crippen LogP contribution is 2.19. The lowest BCUT2D eigenvalue weighted by atomic mass is 9.86. The predicted molar refractivity (Wildman–Crippen MR) is 160 cm³/mol. The lowest BCUT2D eigenvalue weighted by Gasteiger charge is -2.30. The number of nitrogens with two attached hydrogens (primary N) is 2. The number of primary amides is 2. The van der Waals surface area contributed by atoms with E-state index in [9.17, 15) is 33.6 Å². The predicted octanol–water partition coefficient (Wildman–Crippen LogP) is -0.387. The molecule has 0 aliphatic heterocycles. The van der Waals surface area contributed by atoms with E-state index in [1.165, 1.54) is 6.92 Å². The average Bonchev–Trinajstić information content (AvgIpc) is 2.92. The van der Waals surface area contributed by atoms with Crippen molar-refractivity contribution in [2.24, 2.45) is 16.9 Å². The molecule has 14 heteroatoms. The molecule has 0 unspecified atom stereocenters. The molecule has 14 nitrogen and oxygen atoms in total. The summed E-state index contributed by atoms with van der Waals surface area (Å²) >= 11 is 0. The summed E-state index contributed by atoms with van der Waals surface area (Å²) < 4.78 is 0. The molecule has 0 aliphatic carbocycles. The van der Waals surface area contributed by atoms with Gasteiger partial charge in [-0.2, -0.15) is 0 Å². The van der Waals surface area contributed by atoms with Crippen molar-refractivity contribution in [1.29, 1.82) is 0 Å². The van der Waals surface area contributed by atoms with E-state index in [0.29, 0.717) is 5.56 Å². The molecular formula is C30H40N6O8. The molecule has 4 atom stereocenters. The van der Waals surface area contributed by atoms with Crippen molar-refractivity contribution >= 4 is 52.2 Å². The molecule has 0 radical (unpaired) electrons. The van der Waals surface area contributed by atoms with Crippen LogP contribution >= 0.6 is 0 Å². The SMILES string of the molecule is C[C@H](NC(=O)[C@H](CC(N)=O)NC(=O)[C@H](Cc1ccc2ccccc2c1)NC(=O)CCC(=O)O)C(=O)N[C@H](C(N)=O)C(C)(C)C. The van der Waals surface area contributed by atoms with Crippen LogP contribution in [-0.2, 0) is 40.0 Å². The van der Waals surface area contributed by atoms with E-state index in [1.54, 1.807) is 26.8 Å². The van der Waals surface area contributed by atoms with Gasteiger partial charge in [0.15, 0.2) is 0 Å². The van der Waals surface area contributed by atoms with Crippen molar-refractivity contribution in [3.05, 3.63) is 48.0 Å². The maximum absolute atomic E-state index is 13.4. The number of carbonyl (C=O) groups is 7. The fourth-order valence-electron chi connectivity index (χ4n) is 4.34. The standard InChI is InChI=1S/C30H40N6O8/c1-16(27(42)36-25(26(32)41)30(2,3)4)33-28(43)21(15-22(31)37)35-29(44)20(34-23(38)11-12-24(39)40)14-17-9-10-18-7-5-6-8-19(18)13-17/h5-10,13,16,20-21,25H,11-12,14-15H2,1-4H3,(H2,31,37)(H2,32,41)(H,33,43)(H,34,38)(H,35,44)(H,36,42)(H,39,40)/t16-,20-,21-,25+/m0/s1. The number of amides is 6. The third-order valence-electron chi connectivity index (χ3n) is 6.70. The number of nitrogens with one attached hydrogen (secondary N) is 4. The lowest BCUT2D eigenvalue weighted by Crippen LogP contribution is -2.59.